The van der Waals surface area contributed by atoms with E-state index >= 15 is 0 Å². The molecule has 1 aromatic heterocycles. The van der Waals surface area contributed by atoms with Crippen LogP contribution in [0.3, 0.4) is 0 Å². The number of methoxy groups -OCH3 is 1. The van der Waals surface area contributed by atoms with E-state index in [-0.39, 0.29) is 5.69 Å². The van der Waals surface area contributed by atoms with E-state index in [1.165, 1.54) is 16.3 Å². The maximum atomic E-state index is 11.2. The second-order valence-electron chi connectivity index (χ2n) is 3.73. The zero-order chi connectivity index (χ0) is 13.1. The van der Waals surface area contributed by atoms with Gasteiger partial charge in [0.1, 0.15) is 5.75 Å². The Balaban J connectivity index is 2.15. The van der Waals surface area contributed by atoms with Gasteiger partial charge in [0.05, 0.1) is 7.11 Å². The molecule has 0 aliphatic heterocycles. The predicted molar refractivity (Wildman–Crippen MR) is 70.8 cm³/mol. The van der Waals surface area contributed by atoms with Gasteiger partial charge < -0.3 is 10.5 Å². The van der Waals surface area contributed by atoms with Gasteiger partial charge in [0.2, 0.25) is 0 Å². The standard InChI is InChI=1S/C11H14N4O2S/c1-15-10(16)13-14-11(15)18-6-7-3-4-8(12)5-9(7)17-2/h3-5H,6,12H2,1-2H3,(H,13,16). The molecule has 0 amide bonds. The van der Waals surface area contributed by atoms with Gasteiger partial charge >= 0.3 is 5.69 Å². The monoisotopic (exact) mass is 266 g/mol. The molecule has 0 fully saturated rings. The molecule has 0 radical (unpaired) electrons. The number of aromatic amines is 1. The molecule has 1 heterocycles. The minimum absolute atomic E-state index is 0.221. The zero-order valence-corrected chi connectivity index (χ0v) is 11.0. The molecule has 0 spiro atoms. The maximum Gasteiger partial charge on any atom is 0.343 e. The second-order valence-corrected chi connectivity index (χ2v) is 4.67. The van der Waals surface area contributed by atoms with Crippen LogP contribution in [0.15, 0.2) is 28.2 Å². The molecule has 18 heavy (non-hydrogen) atoms. The summed E-state index contributed by atoms with van der Waals surface area (Å²) in [7, 11) is 3.28. The second kappa shape index (κ2) is 5.18. The predicted octanol–water partition coefficient (Wildman–Crippen LogP) is 0.991. The molecule has 7 heteroatoms. The summed E-state index contributed by atoms with van der Waals surface area (Å²) in [5, 5.41) is 6.96. The lowest BCUT2D eigenvalue weighted by Crippen LogP contribution is -2.12. The molecule has 2 aromatic rings. The maximum absolute atomic E-state index is 11.2. The Morgan fingerprint density at radius 1 is 1.56 bits per heavy atom. The molecule has 1 aromatic carbocycles. The summed E-state index contributed by atoms with van der Waals surface area (Å²) < 4.78 is 6.73. The Hall–Kier alpha value is -1.89. The number of nitrogens with zero attached hydrogens (tertiary/aromatic N) is 2. The summed E-state index contributed by atoms with van der Waals surface area (Å²) >= 11 is 1.46. The molecule has 2 rings (SSSR count). The van der Waals surface area contributed by atoms with Crippen LogP contribution in [0.2, 0.25) is 0 Å². The summed E-state index contributed by atoms with van der Waals surface area (Å²) in [6.07, 6.45) is 0. The van der Waals surface area contributed by atoms with E-state index in [0.717, 1.165) is 11.3 Å². The number of nitrogen functional groups attached to an aromatic ring is 1. The minimum atomic E-state index is -0.221. The number of anilines is 1. The van der Waals surface area contributed by atoms with E-state index in [1.807, 2.05) is 12.1 Å². The van der Waals surface area contributed by atoms with Crippen molar-refractivity contribution in [1.82, 2.24) is 14.8 Å². The van der Waals surface area contributed by atoms with Crippen molar-refractivity contribution in [3.63, 3.8) is 0 Å². The number of nitrogens with two attached hydrogens (primary N) is 1. The summed E-state index contributed by atoms with van der Waals surface area (Å²) in [6.45, 7) is 0. The molecule has 0 saturated heterocycles. The SMILES string of the molecule is COc1cc(N)ccc1CSc1n[nH]c(=O)n1C. The first-order valence-electron chi connectivity index (χ1n) is 5.28. The number of benzene rings is 1. The molecule has 0 aliphatic carbocycles. The molecular formula is C11H14N4O2S. The van der Waals surface area contributed by atoms with Gasteiger partial charge in [-0.1, -0.05) is 17.8 Å². The average molecular weight is 266 g/mol. The Bertz CT molecular complexity index is 605. The molecule has 96 valence electrons. The first-order valence-corrected chi connectivity index (χ1v) is 6.27. The highest BCUT2D eigenvalue weighted by Gasteiger charge is 2.08. The van der Waals surface area contributed by atoms with Crippen LogP contribution < -0.4 is 16.2 Å². The van der Waals surface area contributed by atoms with Crippen molar-refractivity contribution in [2.24, 2.45) is 7.05 Å². The van der Waals surface area contributed by atoms with Crippen molar-refractivity contribution >= 4 is 17.4 Å². The van der Waals surface area contributed by atoms with Crippen molar-refractivity contribution < 1.29 is 4.74 Å². The first kappa shape index (κ1) is 12.6. The Morgan fingerprint density at radius 2 is 2.33 bits per heavy atom. The fraction of sp³-hybridized carbons (Fsp3) is 0.273. The third-order valence-corrected chi connectivity index (χ3v) is 3.59. The number of hydrogen-bond acceptors (Lipinski definition) is 5. The third kappa shape index (κ3) is 2.51. The average Bonchev–Trinajstić information content (AvgIpc) is 2.68. The molecular weight excluding hydrogens is 252 g/mol. The van der Waals surface area contributed by atoms with Crippen LogP contribution in [-0.4, -0.2) is 21.9 Å². The van der Waals surface area contributed by atoms with Crippen LogP contribution in [0.1, 0.15) is 5.56 Å². The number of thioether (sulfide) groups is 1. The number of nitrogens with one attached hydrogen (secondary N) is 1. The Labute approximate surface area is 108 Å². The Morgan fingerprint density at radius 3 is 2.94 bits per heavy atom. The molecule has 0 unspecified atom stereocenters. The number of hydrogen-bond donors (Lipinski definition) is 2. The summed E-state index contributed by atoms with van der Waals surface area (Å²) in [6, 6.07) is 5.51. The van der Waals surface area contributed by atoms with E-state index in [2.05, 4.69) is 10.2 Å². The largest absolute Gasteiger partial charge is 0.496 e. The van der Waals surface area contributed by atoms with Gasteiger partial charge in [0.25, 0.3) is 0 Å². The number of ether oxygens (including phenoxy) is 1. The van der Waals surface area contributed by atoms with Gasteiger partial charge in [0, 0.05) is 30.1 Å². The van der Waals surface area contributed by atoms with Crippen molar-refractivity contribution in [2.45, 2.75) is 10.9 Å². The van der Waals surface area contributed by atoms with Crippen LogP contribution in [0, 0.1) is 0 Å². The van der Waals surface area contributed by atoms with E-state index in [4.69, 9.17) is 10.5 Å². The van der Waals surface area contributed by atoms with Crippen molar-refractivity contribution in [3.8, 4) is 5.75 Å². The lowest BCUT2D eigenvalue weighted by atomic mass is 10.2. The lowest BCUT2D eigenvalue weighted by molar-refractivity contribution is 0.411. The Kier molecular flexibility index (Phi) is 3.61. The van der Waals surface area contributed by atoms with Crippen LogP contribution in [0.4, 0.5) is 5.69 Å². The fourth-order valence-electron chi connectivity index (χ4n) is 1.48. The highest BCUT2D eigenvalue weighted by molar-refractivity contribution is 7.98. The quantitative estimate of drug-likeness (QED) is 0.636. The van der Waals surface area contributed by atoms with Gasteiger partial charge in [-0.15, -0.1) is 5.10 Å². The zero-order valence-electron chi connectivity index (χ0n) is 10.1. The highest BCUT2D eigenvalue weighted by atomic mass is 32.2. The number of rotatable bonds is 4. The van der Waals surface area contributed by atoms with Gasteiger partial charge in [-0.3, -0.25) is 4.57 Å². The van der Waals surface area contributed by atoms with Crippen LogP contribution >= 0.6 is 11.8 Å². The van der Waals surface area contributed by atoms with Crippen molar-refractivity contribution in [1.29, 1.82) is 0 Å². The molecule has 3 N–H and O–H groups in total. The smallest absolute Gasteiger partial charge is 0.343 e. The van der Waals surface area contributed by atoms with Gasteiger partial charge in [-0.05, 0) is 6.07 Å². The first-order chi connectivity index (χ1) is 8.61. The minimum Gasteiger partial charge on any atom is -0.496 e. The number of aromatic nitrogens is 3. The van der Waals surface area contributed by atoms with Gasteiger partial charge in [-0.2, -0.15) is 0 Å². The number of H-pyrrole nitrogens is 1. The molecule has 6 nitrogen and oxygen atoms in total. The fourth-order valence-corrected chi connectivity index (χ4v) is 2.39. The van der Waals surface area contributed by atoms with Crippen molar-refractivity contribution in [2.75, 3.05) is 12.8 Å². The molecule has 0 atom stereocenters. The topological polar surface area (TPSA) is 85.9 Å². The normalized spacial score (nSPS) is 10.6. The van der Waals surface area contributed by atoms with E-state index < -0.39 is 0 Å². The summed E-state index contributed by atoms with van der Waals surface area (Å²) in [4.78, 5) is 11.2. The van der Waals surface area contributed by atoms with E-state index in [0.29, 0.717) is 16.6 Å². The lowest BCUT2D eigenvalue weighted by Gasteiger charge is -2.08. The molecule has 0 bridgehead atoms. The van der Waals surface area contributed by atoms with Gasteiger partial charge in [-0.25, -0.2) is 9.89 Å². The van der Waals surface area contributed by atoms with Crippen molar-refractivity contribution in [3.05, 3.63) is 34.2 Å². The van der Waals surface area contributed by atoms with E-state index in [9.17, 15) is 4.79 Å². The van der Waals surface area contributed by atoms with Crippen LogP contribution in [-0.2, 0) is 12.8 Å². The highest BCUT2D eigenvalue weighted by Crippen LogP contribution is 2.27. The molecule has 0 saturated carbocycles. The van der Waals surface area contributed by atoms with E-state index in [1.54, 1.807) is 20.2 Å². The summed E-state index contributed by atoms with van der Waals surface area (Å²) in [5.41, 5.74) is 7.13. The van der Waals surface area contributed by atoms with Crippen LogP contribution in [0.5, 0.6) is 5.75 Å². The van der Waals surface area contributed by atoms with Gasteiger partial charge in [0.15, 0.2) is 5.16 Å². The molecule has 0 aliphatic rings. The third-order valence-electron chi connectivity index (χ3n) is 2.51. The van der Waals surface area contributed by atoms with Crippen LogP contribution in [0.25, 0.3) is 0 Å². The summed E-state index contributed by atoms with van der Waals surface area (Å²) in [5.74, 6) is 1.39.